The Morgan fingerprint density at radius 3 is 2.62 bits per heavy atom. The SMILES string of the molecule is CC1C=C(CCCNC(=O)CCCNC(=O)OC(C)(C)C)C=C(C2CCCN2C)C=CC1. The summed E-state index contributed by atoms with van der Waals surface area (Å²) in [4.78, 5) is 26.1. The molecule has 1 heterocycles. The molecule has 6 heteroatoms. The Bertz CT molecular complexity index is 718. The Morgan fingerprint density at radius 2 is 1.94 bits per heavy atom. The van der Waals surface area contributed by atoms with Crippen molar-refractivity contribution >= 4 is 12.0 Å². The summed E-state index contributed by atoms with van der Waals surface area (Å²) in [5.41, 5.74) is 2.29. The highest BCUT2D eigenvalue weighted by Gasteiger charge is 2.23. The fourth-order valence-corrected chi connectivity index (χ4v) is 4.22. The summed E-state index contributed by atoms with van der Waals surface area (Å²) in [5, 5.41) is 5.69. The number of alkyl carbamates (subject to hydrolysis) is 1. The third-order valence-corrected chi connectivity index (χ3v) is 5.79. The molecule has 0 saturated carbocycles. The molecule has 1 saturated heterocycles. The van der Waals surface area contributed by atoms with Crippen LogP contribution < -0.4 is 10.6 Å². The van der Waals surface area contributed by atoms with Gasteiger partial charge in [-0.3, -0.25) is 9.69 Å². The normalized spacial score (nSPS) is 21.9. The van der Waals surface area contributed by atoms with Crippen LogP contribution >= 0.6 is 0 Å². The Labute approximate surface area is 194 Å². The molecule has 32 heavy (non-hydrogen) atoms. The molecule has 1 aliphatic heterocycles. The molecular formula is C26H43N3O3. The number of nitrogens with zero attached hydrogens (tertiary/aromatic N) is 1. The van der Waals surface area contributed by atoms with Crippen LogP contribution in [-0.4, -0.2) is 55.2 Å². The lowest BCUT2D eigenvalue weighted by molar-refractivity contribution is -0.121. The van der Waals surface area contributed by atoms with E-state index in [1.165, 1.54) is 30.5 Å². The number of ether oxygens (including phenoxy) is 1. The van der Waals surface area contributed by atoms with E-state index in [2.05, 4.69) is 53.8 Å². The van der Waals surface area contributed by atoms with Crippen molar-refractivity contribution in [2.75, 3.05) is 26.7 Å². The number of rotatable bonds is 9. The highest BCUT2D eigenvalue weighted by molar-refractivity contribution is 5.75. The van der Waals surface area contributed by atoms with Gasteiger partial charge in [0.05, 0.1) is 0 Å². The van der Waals surface area contributed by atoms with Gasteiger partial charge in [-0.25, -0.2) is 4.79 Å². The summed E-state index contributed by atoms with van der Waals surface area (Å²) in [6.45, 7) is 10.0. The topological polar surface area (TPSA) is 70.7 Å². The van der Waals surface area contributed by atoms with Gasteiger partial charge in [0.1, 0.15) is 5.60 Å². The Balaban J connectivity index is 1.70. The fraction of sp³-hybridized carbons (Fsp3) is 0.692. The van der Waals surface area contributed by atoms with E-state index >= 15 is 0 Å². The van der Waals surface area contributed by atoms with Crippen molar-refractivity contribution in [3.8, 4) is 0 Å². The molecule has 0 aromatic heterocycles. The first kappa shape index (κ1) is 26.2. The molecule has 180 valence electrons. The van der Waals surface area contributed by atoms with Gasteiger partial charge in [-0.2, -0.15) is 0 Å². The number of carbonyl (C=O) groups is 2. The van der Waals surface area contributed by atoms with Crippen LogP contribution in [0.5, 0.6) is 0 Å². The second-order valence-corrected chi connectivity index (χ2v) is 10.1. The number of likely N-dealkylation sites (tertiary alicyclic amines) is 1. The number of nitrogens with one attached hydrogen (secondary N) is 2. The van der Waals surface area contributed by atoms with Crippen molar-refractivity contribution < 1.29 is 14.3 Å². The second-order valence-electron chi connectivity index (χ2n) is 10.1. The van der Waals surface area contributed by atoms with Gasteiger partial charge in [0, 0.05) is 25.6 Å². The lowest BCUT2D eigenvalue weighted by Gasteiger charge is -2.23. The molecule has 0 radical (unpaired) electrons. The molecule has 6 nitrogen and oxygen atoms in total. The molecule has 2 amide bonds. The van der Waals surface area contributed by atoms with Crippen LogP contribution in [0, 0.1) is 5.92 Å². The maximum atomic E-state index is 12.1. The molecule has 0 spiro atoms. The predicted molar refractivity (Wildman–Crippen MR) is 130 cm³/mol. The van der Waals surface area contributed by atoms with Crippen molar-refractivity contribution in [3.63, 3.8) is 0 Å². The van der Waals surface area contributed by atoms with Gasteiger partial charge in [0.25, 0.3) is 0 Å². The van der Waals surface area contributed by atoms with Gasteiger partial charge in [0.15, 0.2) is 0 Å². The standard InChI is InChI=1S/C26H43N3O3/c1-20-10-6-12-22(23-13-9-17-29(23)5)19-21(18-20)11-7-15-27-24(30)14-8-16-28-25(31)32-26(2,3)4/h6,12,18-20,23H,7-11,13-17H2,1-5H3,(H,27,30)(H,28,31). The molecular weight excluding hydrogens is 402 g/mol. The van der Waals surface area contributed by atoms with Crippen LogP contribution in [0.25, 0.3) is 0 Å². The van der Waals surface area contributed by atoms with Crippen molar-refractivity contribution in [1.82, 2.24) is 15.5 Å². The number of hydrogen-bond donors (Lipinski definition) is 2. The minimum atomic E-state index is -0.509. The summed E-state index contributed by atoms with van der Waals surface area (Å²) in [5.74, 6) is 0.565. The fourth-order valence-electron chi connectivity index (χ4n) is 4.22. The molecule has 2 rings (SSSR count). The monoisotopic (exact) mass is 445 g/mol. The average Bonchev–Trinajstić information content (AvgIpc) is 3.10. The van der Waals surface area contributed by atoms with E-state index in [9.17, 15) is 9.59 Å². The number of likely N-dealkylation sites (N-methyl/N-ethyl adjacent to an activating group) is 1. The average molecular weight is 446 g/mol. The molecule has 0 aromatic rings. The van der Waals surface area contributed by atoms with E-state index in [0.717, 1.165) is 19.3 Å². The van der Waals surface area contributed by atoms with Crippen LogP contribution in [0.2, 0.25) is 0 Å². The van der Waals surface area contributed by atoms with E-state index in [0.29, 0.717) is 37.9 Å². The van der Waals surface area contributed by atoms with Crippen molar-refractivity contribution in [2.24, 2.45) is 5.92 Å². The summed E-state index contributed by atoms with van der Waals surface area (Å²) >= 11 is 0. The van der Waals surface area contributed by atoms with Gasteiger partial charge in [0.2, 0.25) is 5.91 Å². The molecule has 1 aliphatic carbocycles. The van der Waals surface area contributed by atoms with Gasteiger partial charge in [-0.05, 0) is 84.4 Å². The third kappa shape index (κ3) is 10.0. The highest BCUT2D eigenvalue weighted by Crippen LogP contribution is 2.27. The zero-order valence-electron chi connectivity index (χ0n) is 20.7. The lowest BCUT2D eigenvalue weighted by atomic mass is 9.93. The molecule has 2 unspecified atom stereocenters. The first-order chi connectivity index (χ1) is 15.1. The number of allylic oxidation sites excluding steroid dienone is 4. The minimum absolute atomic E-state index is 0.0303. The van der Waals surface area contributed by atoms with E-state index in [1.807, 2.05) is 20.8 Å². The first-order valence-corrected chi connectivity index (χ1v) is 12.2. The minimum Gasteiger partial charge on any atom is -0.444 e. The summed E-state index contributed by atoms with van der Waals surface area (Å²) in [6, 6.07) is 0.525. The third-order valence-electron chi connectivity index (χ3n) is 5.79. The first-order valence-electron chi connectivity index (χ1n) is 12.2. The number of amides is 2. The molecule has 2 N–H and O–H groups in total. The van der Waals surface area contributed by atoms with E-state index in [1.54, 1.807) is 0 Å². The molecule has 0 aromatic carbocycles. The summed E-state index contributed by atoms with van der Waals surface area (Å²) in [7, 11) is 2.22. The molecule has 0 bridgehead atoms. The second kappa shape index (κ2) is 12.8. The molecule has 2 aliphatic rings. The van der Waals surface area contributed by atoms with Crippen LogP contribution in [0.15, 0.2) is 35.5 Å². The lowest BCUT2D eigenvalue weighted by Crippen LogP contribution is -2.33. The Kier molecular flexibility index (Phi) is 10.5. The van der Waals surface area contributed by atoms with Crippen LogP contribution in [0.4, 0.5) is 4.79 Å². The maximum absolute atomic E-state index is 12.1. The molecule has 2 atom stereocenters. The van der Waals surface area contributed by atoms with Crippen LogP contribution in [0.3, 0.4) is 0 Å². The number of carbonyl (C=O) groups excluding carboxylic acids is 2. The summed E-state index contributed by atoms with van der Waals surface area (Å²) in [6.07, 6.45) is 15.4. The Morgan fingerprint density at radius 1 is 1.19 bits per heavy atom. The van der Waals surface area contributed by atoms with Crippen molar-refractivity contribution in [2.45, 2.75) is 84.3 Å². The zero-order chi connectivity index (χ0) is 23.6. The van der Waals surface area contributed by atoms with Crippen LogP contribution in [-0.2, 0) is 9.53 Å². The van der Waals surface area contributed by atoms with Gasteiger partial charge < -0.3 is 15.4 Å². The maximum Gasteiger partial charge on any atom is 0.407 e. The zero-order valence-corrected chi connectivity index (χ0v) is 20.7. The van der Waals surface area contributed by atoms with E-state index in [-0.39, 0.29) is 5.91 Å². The Hall–Kier alpha value is -2.08. The predicted octanol–water partition coefficient (Wildman–Crippen LogP) is 4.73. The number of hydrogen-bond acceptors (Lipinski definition) is 4. The smallest absolute Gasteiger partial charge is 0.407 e. The van der Waals surface area contributed by atoms with Crippen LogP contribution in [0.1, 0.15) is 72.6 Å². The van der Waals surface area contributed by atoms with Gasteiger partial charge >= 0.3 is 6.09 Å². The largest absolute Gasteiger partial charge is 0.444 e. The highest BCUT2D eigenvalue weighted by atomic mass is 16.6. The van der Waals surface area contributed by atoms with Crippen molar-refractivity contribution in [3.05, 3.63) is 35.5 Å². The van der Waals surface area contributed by atoms with Crippen molar-refractivity contribution in [1.29, 1.82) is 0 Å². The quantitative estimate of drug-likeness (QED) is 0.503. The summed E-state index contributed by atoms with van der Waals surface area (Å²) < 4.78 is 5.18. The van der Waals surface area contributed by atoms with E-state index in [4.69, 9.17) is 4.74 Å². The van der Waals surface area contributed by atoms with E-state index < -0.39 is 11.7 Å². The van der Waals surface area contributed by atoms with Gasteiger partial charge in [-0.15, -0.1) is 0 Å². The van der Waals surface area contributed by atoms with Gasteiger partial charge in [-0.1, -0.05) is 36.8 Å². The molecule has 1 fully saturated rings.